The van der Waals surface area contributed by atoms with Gasteiger partial charge >= 0.3 is 11.9 Å². The highest BCUT2D eigenvalue weighted by Crippen LogP contribution is 2.34. The molecule has 0 saturated carbocycles. The van der Waals surface area contributed by atoms with E-state index in [1.54, 1.807) is 48.5 Å². The van der Waals surface area contributed by atoms with E-state index in [4.69, 9.17) is 15.9 Å². The number of carboxylic acids is 2. The second-order valence-electron chi connectivity index (χ2n) is 7.40. The largest absolute Gasteiger partial charge is 0.480 e. The molecule has 0 aromatic heterocycles. The molecule has 36 heavy (non-hydrogen) atoms. The molecule has 0 aliphatic heterocycles. The van der Waals surface area contributed by atoms with Crippen LogP contribution in [-0.2, 0) is 19.2 Å². The maximum absolute atomic E-state index is 12.7. The molecule has 7 N–H and O–H groups in total. The molecule has 0 heterocycles. The summed E-state index contributed by atoms with van der Waals surface area (Å²) in [7, 11) is 2.40. The van der Waals surface area contributed by atoms with Gasteiger partial charge in [-0.2, -0.15) is 0 Å². The van der Waals surface area contributed by atoms with Crippen molar-refractivity contribution in [2.75, 3.05) is 17.6 Å². The Morgan fingerprint density at radius 2 is 1.61 bits per heavy atom. The van der Waals surface area contributed by atoms with Crippen LogP contribution in [-0.4, -0.2) is 64.3 Å². The van der Waals surface area contributed by atoms with Gasteiger partial charge in [0.1, 0.15) is 18.6 Å². The second-order valence-corrected chi connectivity index (χ2v) is 9.78. The summed E-state index contributed by atoms with van der Waals surface area (Å²) in [4.78, 5) is 59.7. The highest BCUT2D eigenvalue weighted by atomic mass is 33.1. The minimum Gasteiger partial charge on any atom is -0.480 e. The minimum atomic E-state index is -1.25. The molecule has 192 valence electrons. The molecule has 0 fully saturated rings. The van der Waals surface area contributed by atoms with Gasteiger partial charge < -0.3 is 31.9 Å². The number of carboxylic acid groups (broad SMARTS) is 2. The van der Waals surface area contributed by atoms with Gasteiger partial charge in [0, 0.05) is 22.8 Å². The lowest BCUT2D eigenvalue weighted by atomic mass is 10.1. The van der Waals surface area contributed by atoms with Crippen LogP contribution >= 0.6 is 21.6 Å². The van der Waals surface area contributed by atoms with Crippen molar-refractivity contribution >= 4 is 56.9 Å². The van der Waals surface area contributed by atoms with Crippen LogP contribution in [0.3, 0.4) is 0 Å². The number of hydrogen-bond donors (Lipinski definition) is 6. The number of anilines is 1. The predicted octanol–water partition coefficient (Wildman–Crippen LogP) is 1.56. The van der Waals surface area contributed by atoms with E-state index in [-0.39, 0.29) is 24.5 Å². The third-order valence-electron chi connectivity index (χ3n) is 4.61. The number of carbonyl (C=O) groups excluding carboxylic acids is 3. The molecule has 2 atom stereocenters. The Bertz CT molecular complexity index is 1090. The van der Waals surface area contributed by atoms with Crippen LogP contribution in [0.5, 0.6) is 0 Å². The summed E-state index contributed by atoms with van der Waals surface area (Å²) in [6, 6.07) is 13.5. The summed E-state index contributed by atoms with van der Waals surface area (Å²) >= 11 is 0. The number of aliphatic carboxylic acids is 2. The van der Waals surface area contributed by atoms with Crippen LogP contribution in [0.25, 0.3) is 0 Å². The zero-order valence-corrected chi connectivity index (χ0v) is 20.6. The highest BCUT2D eigenvalue weighted by molar-refractivity contribution is 8.76. The number of benzene rings is 2. The van der Waals surface area contributed by atoms with Crippen molar-refractivity contribution in [2.24, 2.45) is 5.73 Å². The summed E-state index contributed by atoms with van der Waals surface area (Å²) < 4.78 is 0. The summed E-state index contributed by atoms with van der Waals surface area (Å²) in [5.74, 6) is -4.08. The van der Waals surface area contributed by atoms with E-state index >= 15 is 0 Å². The lowest BCUT2D eigenvalue weighted by molar-refractivity contribution is -0.139. The molecule has 3 amide bonds. The number of nitrogens with one attached hydrogen (secondary N) is 3. The van der Waals surface area contributed by atoms with Crippen LogP contribution in [0, 0.1) is 0 Å². The molecule has 2 aromatic rings. The van der Waals surface area contributed by atoms with Crippen molar-refractivity contribution in [1.29, 1.82) is 0 Å². The Morgan fingerprint density at radius 3 is 2.28 bits per heavy atom. The van der Waals surface area contributed by atoms with Gasteiger partial charge in [-0.05, 0) is 30.7 Å². The van der Waals surface area contributed by atoms with Gasteiger partial charge in [0.2, 0.25) is 11.8 Å². The maximum Gasteiger partial charge on any atom is 0.322 e. The van der Waals surface area contributed by atoms with Gasteiger partial charge in [0.25, 0.3) is 5.91 Å². The molecule has 2 aromatic carbocycles. The summed E-state index contributed by atoms with van der Waals surface area (Å²) in [5, 5.41) is 25.2. The molecular formula is C23H26N4O7S2. The van der Waals surface area contributed by atoms with Gasteiger partial charge in [-0.3, -0.25) is 24.0 Å². The van der Waals surface area contributed by atoms with Crippen molar-refractivity contribution in [2.45, 2.75) is 29.8 Å². The Kier molecular flexibility index (Phi) is 11.8. The first-order valence-corrected chi connectivity index (χ1v) is 13.0. The van der Waals surface area contributed by atoms with E-state index in [9.17, 15) is 24.0 Å². The predicted molar refractivity (Wildman–Crippen MR) is 137 cm³/mol. The van der Waals surface area contributed by atoms with Crippen LogP contribution in [0.2, 0.25) is 0 Å². The zero-order chi connectivity index (χ0) is 26.5. The standard InChI is InChI=1S/C23H26N4O7S2/c24-16(23(33)34)10-11-19(28)27-17(22(32)25-12-20(29)30)13-35-36-18-9-5-4-8-15(18)21(31)26-14-6-2-1-3-7-14/h1-9,16-17H,10-13,24H2,(H,25,32)(H,26,31)(H,27,28)(H,29,30)(H,33,34). The third kappa shape index (κ3) is 9.98. The SMILES string of the molecule is NC(CCC(=O)NC(CSSc1ccccc1C(=O)Nc1ccccc1)C(=O)NCC(=O)O)C(=O)O. The van der Waals surface area contributed by atoms with E-state index in [0.29, 0.717) is 16.1 Å². The molecule has 0 bridgehead atoms. The van der Waals surface area contributed by atoms with Crippen molar-refractivity contribution in [3.63, 3.8) is 0 Å². The van der Waals surface area contributed by atoms with E-state index < -0.39 is 42.4 Å². The summed E-state index contributed by atoms with van der Waals surface area (Å²) in [6.45, 7) is -0.630. The maximum atomic E-state index is 12.7. The number of carbonyl (C=O) groups is 5. The topological polar surface area (TPSA) is 188 Å². The van der Waals surface area contributed by atoms with Gasteiger partial charge in [0.15, 0.2) is 0 Å². The normalized spacial score (nSPS) is 12.1. The van der Waals surface area contributed by atoms with Crippen molar-refractivity contribution in [3.8, 4) is 0 Å². The third-order valence-corrected chi connectivity index (χ3v) is 7.04. The van der Waals surface area contributed by atoms with Gasteiger partial charge in [0.05, 0.1) is 5.56 Å². The molecule has 11 nitrogen and oxygen atoms in total. The van der Waals surface area contributed by atoms with Gasteiger partial charge in [-0.25, -0.2) is 0 Å². The number of rotatable bonds is 14. The van der Waals surface area contributed by atoms with E-state index in [1.165, 1.54) is 21.6 Å². The molecule has 0 spiro atoms. The first-order chi connectivity index (χ1) is 17.2. The summed E-state index contributed by atoms with van der Waals surface area (Å²) in [5.41, 5.74) is 6.45. The Hall–Kier alpha value is -3.55. The first-order valence-electron chi connectivity index (χ1n) is 10.7. The molecule has 13 heteroatoms. The van der Waals surface area contributed by atoms with Crippen LogP contribution in [0.1, 0.15) is 23.2 Å². The molecule has 0 aliphatic carbocycles. The smallest absolute Gasteiger partial charge is 0.322 e. The average Bonchev–Trinajstić information content (AvgIpc) is 2.85. The Balaban J connectivity index is 2.01. The minimum absolute atomic E-state index is 0.0431. The molecule has 2 rings (SSSR count). The van der Waals surface area contributed by atoms with E-state index in [0.717, 1.165) is 0 Å². The molecule has 0 aliphatic rings. The first kappa shape index (κ1) is 28.7. The average molecular weight is 535 g/mol. The van der Waals surface area contributed by atoms with Crippen molar-refractivity contribution in [3.05, 3.63) is 60.2 Å². The highest BCUT2D eigenvalue weighted by Gasteiger charge is 2.23. The van der Waals surface area contributed by atoms with Crippen molar-refractivity contribution in [1.82, 2.24) is 10.6 Å². The van der Waals surface area contributed by atoms with Crippen molar-refractivity contribution < 1.29 is 34.2 Å². The second kappa shape index (κ2) is 14.8. The number of para-hydroxylation sites is 1. The van der Waals surface area contributed by atoms with E-state index in [1.807, 2.05) is 6.07 Å². The number of hydrogen-bond acceptors (Lipinski definition) is 8. The molecule has 0 radical (unpaired) electrons. The zero-order valence-electron chi connectivity index (χ0n) is 19.0. The quantitative estimate of drug-likeness (QED) is 0.194. The number of nitrogens with two attached hydrogens (primary N) is 1. The Labute approximate surface area is 215 Å². The Morgan fingerprint density at radius 1 is 0.944 bits per heavy atom. The lowest BCUT2D eigenvalue weighted by Crippen LogP contribution is -2.49. The number of amides is 3. The lowest BCUT2D eigenvalue weighted by Gasteiger charge is -2.18. The fourth-order valence-corrected chi connectivity index (χ4v) is 5.14. The molecular weight excluding hydrogens is 508 g/mol. The van der Waals surface area contributed by atoms with Crippen LogP contribution < -0.4 is 21.7 Å². The molecule has 2 unspecified atom stereocenters. The van der Waals surface area contributed by atoms with Crippen LogP contribution in [0.15, 0.2) is 59.5 Å². The van der Waals surface area contributed by atoms with E-state index in [2.05, 4.69) is 16.0 Å². The van der Waals surface area contributed by atoms with Crippen LogP contribution in [0.4, 0.5) is 5.69 Å². The van der Waals surface area contributed by atoms with Gasteiger partial charge in [-0.15, -0.1) is 0 Å². The monoisotopic (exact) mass is 534 g/mol. The van der Waals surface area contributed by atoms with Gasteiger partial charge in [-0.1, -0.05) is 51.9 Å². The molecule has 0 saturated heterocycles. The fraction of sp³-hybridized carbons (Fsp3) is 0.261. The fourth-order valence-electron chi connectivity index (χ4n) is 2.76. The summed E-state index contributed by atoms with van der Waals surface area (Å²) in [6.07, 6.45) is -0.354.